The molecule has 0 saturated carbocycles. The van der Waals surface area contributed by atoms with Crippen molar-refractivity contribution in [3.63, 3.8) is 0 Å². The fraction of sp³-hybridized carbons (Fsp3) is 0.391. The third kappa shape index (κ3) is 3.48. The zero-order valence-corrected chi connectivity index (χ0v) is 18.9. The minimum Gasteiger partial charge on any atom is -0.324 e. The molecule has 32 heavy (non-hydrogen) atoms. The van der Waals surface area contributed by atoms with E-state index in [1.54, 1.807) is 15.6 Å². The van der Waals surface area contributed by atoms with Crippen LogP contribution in [0, 0.1) is 0 Å². The summed E-state index contributed by atoms with van der Waals surface area (Å²) < 4.78 is 5.32. The van der Waals surface area contributed by atoms with Gasteiger partial charge in [0.15, 0.2) is 11.5 Å². The predicted molar refractivity (Wildman–Crippen MR) is 125 cm³/mol. The molecule has 0 saturated heterocycles. The number of rotatable bonds is 4. The molecule has 1 aliphatic heterocycles. The van der Waals surface area contributed by atoms with Crippen molar-refractivity contribution in [2.24, 2.45) is 0 Å². The summed E-state index contributed by atoms with van der Waals surface area (Å²) in [6.45, 7) is 10.6. The van der Waals surface area contributed by atoms with Crippen molar-refractivity contribution in [3.05, 3.63) is 58.1 Å². The van der Waals surface area contributed by atoms with Crippen molar-refractivity contribution in [3.8, 4) is 5.82 Å². The first-order valence-electron chi connectivity index (χ1n) is 11.0. The van der Waals surface area contributed by atoms with Gasteiger partial charge in [0.2, 0.25) is 5.95 Å². The monoisotopic (exact) mass is 432 g/mol. The summed E-state index contributed by atoms with van der Waals surface area (Å²) in [5.41, 5.74) is 3.84. The predicted octanol–water partition coefficient (Wildman–Crippen LogP) is 2.94. The molecule has 166 valence electrons. The molecule has 0 aliphatic carbocycles. The largest absolute Gasteiger partial charge is 0.324 e. The van der Waals surface area contributed by atoms with Crippen molar-refractivity contribution in [2.75, 3.05) is 11.9 Å². The fourth-order valence-corrected chi connectivity index (χ4v) is 4.09. The maximum atomic E-state index is 13.0. The van der Waals surface area contributed by atoms with Crippen molar-refractivity contribution in [1.29, 1.82) is 0 Å². The molecular weight excluding hydrogens is 404 g/mol. The quantitative estimate of drug-likeness (QED) is 0.515. The SMILES string of the molecule is CCn1c(=O)c2cnc(Nc3ccc4c(c3)CCNC4)nc2n1-c1ccn(C(C)(C)C)n1. The molecule has 3 aromatic heterocycles. The molecule has 9 nitrogen and oxygen atoms in total. The van der Waals surface area contributed by atoms with E-state index in [-0.39, 0.29) is 11.1 Å². The summed E-state index contributed by atoms with van der Waals surface area (Å²) >= 11 is 0. The minimum atomic E-state index is -0.164. The lowest BCUT2D eigenvalue weighted by Gasteiger charge is -2.19. The van der Waals surface area contributed by atoms with E-state index in [0.717, 1.165) is 25.2 Å². The summed E-state index contributed by atoms with van der Waals surface area (Å²) in [5, 5.41) is 11.9. The van der Waals surface area contributed by atoms with E-state index in [9.17, 15) is 4.79 Å². The van der Waals surface area contributed by atoms with Crippen LogP contribution in [0.4, 0.5) is 11.6 Å². The Balaban J connectivity index is 1.58. The van der Waals surface area contributed by atoms with Gasteiger partial charge in [-0.2, -0.15) is 10.1 Å². The van der Waals surface area contributed by atoms with E-state index in [1.807, 2.05) is 29.9 Å². The smallest absolute Gasteiger partial charge is 0.278 e. The molecule has 0 spiro atoms. The van der Waals surface area contributed by atoms with E-state index in [4.69, 9.17) is 10.1 Å². The van der Waals surface area contributed by atoms with Crippen LogP contribution in [0.3, 0.4) is 0 Å². The molecule has 5 rings (SSSR count). The molecule has 4 heterocycles. The number of aromatic nitrogens is 6. The second kappa shape index (κ2) is 7.59. The van der Waals surface area contributed by atoms with E-state index >= 15 is 0 Å². The first kappa shape index (κ1) is 20.4. The van der Waals surface area contributed by atoms with Crippen LogP contribution in [-0.2, 0) is 25.0 Å². The summed E-state index contributed by atoms with van der Waals surface area (Å²) in [4.78, 5) is 22.1. The lowest BCUT2D eigenvalue weighted by molar-refractivity contribution is 0.353. The van der Waals surface area contributed by atoms with Gasteiger partial charge in [-0.3, -0.25) is 9.48 Å². The molecule has 0 radical (unpaired) electrons. The third-order valence-corrected chi connectivity index (χ3v) is 5.80. The molecule has 4 aromatic rings. The summed E-state index contributed by atoms with van der Waals surface area (Å²) in [5.74, 6) is 1.10. The average molecular weight is 433 g/mol. The third-order valence-electron chi connectivity index (χ3n) is 5.80. The summed E-state index contributed by atoms with van der Waals surface area (Å²) in [6.07, 6.45) is 4.52. The number of fused-ring (bicyclic) bond motifs is 2. The Morgan fingerprint density at radius 1 is 1.19 bits per heavy atom. The highest BCUT2D eigenvalue weighted by Crippen LogP contribution is 2.23. The highest BCUT2D eigenvalue weighted by atomic mass is 16.1. The molecular formula is C23H28N8O. The zero-order valence-electron chi connectivity index (χ0n) is 18.9. The van der Waals surface area contributed by atoms with Gasteiger partial charge in [0.05, 0.1) is 5.54 Å². The number of nitrogens with one attached hydrogen (secondary N) is 2. The van der Waals surface area contributed by atoms with Gasteiger partial charge in [0.25, 0.3) is 5.56 Å². The maximum absolute atomic E-state index is 13.0. The van der Waals surface area contributed by atoms with Gasteiger partial charge in [-0.1, -0.05) is 6.07 Å². The Bertz CT molecular complexity index is 1350. The lowest BCUT2D eigenvalue weighted by atomic mass is 10.0. The average Bonchev–Trinajstić information content (AvgIpc) is 3.36. The topological polar surface area (TPSA) is 94.6 Å². The van der Waals surface area contributed by atoms with Gasteiger partial charge in [-0.25, -0.2) is 14.3 Å². The van der Waals surface area contributed by atoms with E-state index in [0.29, 0.717) is 29.3 Å². The number of hydrogen-bond acceptors (Lipinski definition) is 6. The fourth-order valence-electron chi connectivity index (χ4n) is 4.09. The van der Waals surface area contributed by atoms with Crippen LogP contribution in [0.25, 0.3) is 16.9 Å². The van der Waals surface area contributed by atoms with E-state index < -0.39 is 0 Å². The van der Waals surface area contributed by atoms with E-state index in [2.05, 4.69) is 48.5 Å². The molecule has 9 heteroatoms. The number of benzene rings is 1. The first-order chi connectivity index (χ1) is 15.3. The standard InChI is InChI=1S/C23H28N8O/c1-5-29-21(32)18-14-25-22(26-17-7-6-16-13-24-10-8-15(16)12-17)27-20(18)31(29)19-9-11-30(28-19)23(2,3)4/h6-7,9,11-12,14,24H,5,8,10,13H2,1-4H3,(H,25,26,27). The molecule has 1 aromatic carbocycles. The van der Waals surface area contributed by atoms with Gasteiger partial charge in [-0.05, 0) is 63.9 Å². The Morgan fingerprint density at radius 2 is 2.03 bits per heavy atom. The van der Waals surface area contributed by atoms with Gasteiger partial charge in [0, 0.05) is 37.2 Å². The Kier molecular flexibility index (Phi) is 4.85. The van der Waals surface area contributed by atoms with Crippen molar-refractivity contribution in [1.82, 2.24) is 34.4 Å². The number of hydrogen-bond donors (Lipinski definition) is 2. The number of nitrogens with zero attached hydrogens (tertiary/aromatic N) is 6. The molecule has 0 amide bonds. The normalized spacial score (nSPS) is 14.0. The Labute approximate surface area is 186 Å². The van der Waals surface area contributed by atoms with Crippen LogP contribution in [0.5, 0.6) is 0 Å². The van der Waals surface area contributed by atoms with Gasteiger partial charge in [-0.15, -0.1) is 0 Å². The van der Waals surface area contributed by atoms with Crippen LogP contribution in [0.15, 0.2) is 41.5 Å². The van der Waals surface area contributed by atoms with Crippen LogP contribution < -0.4 is 16.2 Å². The summed E-state index contributed by atoms with van der Waals surface area (Å²) in [6, 6.07) is 8.22. The second-order valence-corrected chi connectivity index (χ2v) is 9.09. The summed E-state index contributed by atoms with van der Waals surface area (Å²) in [7, 11) is 0. The molecule has 0 bridgehead atoms. The van der Waals surface area contributed by atoms with Crippen LogP contribution in [0.1, 0.15) is 38.8 Å². The van der Waals surface area contributed by atoms with Crippen LogP contribution in [0.2, 0.25) is 0 Å². The molecule has 0 atom stereocenters. The second-order valence-electron chi connectivity index (χ2n) is 9.09. The Hall–Kier alpha value is -3.46. The Morgan fingerprint density at radius 3 is 2.78 bits per heavy atom. The molecule has 0 unspecified atom stereocenters. The van der Waals surface area contributed by atoms with Crippen molar-refractivity contribution in [2.45, 2.75) is 52.7 Å². The lowest BCUT2D eigenvalue weighted by Crippen LogP contribution is -2.24. The molecule has 0 fully saturated rings. The number of anilines is 2. The highest BCUT2D eigenvalue weighted by Gasteiger charge is 2.20. The van der Waals surface area contributed by atoms with Crippen LogP contribution >= 0.6 is 0 Å². The van der Waals surface area contributed by atoms with Gasteiger partial charge >= 0.3 is 0 Å². The van der Waals surface area contributed by atoms with Crippen molar-refractivity contribution >= 4 is 22.7 Å². The minimum absolute atomic E-state index is 0.124. The van der Waals surface area contributed by atoms with Gasteiger partial charge < -0.3 is 10.6 Å². The first-order valence-corrected chi connectivity index (χ1v) is 11.0. The maximum Gasteiger partial charge on any atom is 0.278 e. The molecule has 2 N–H and O–H groups in total. The van der Waals surface area contributed by atoms with Crippen LogP contribution in [-0.4, -0.2) is 35.7 Å². The zero-order chi connectivity index (χ0) is 22.5. The van der Waals surface area contributed by atoms with Gasteiger partial charge in [0.1, 0.15) is 5.39 Å². The highest BCUT2D eigenvalue weighted by molar-refractivity contribution is 5.77. The van der Waals surface area contributed by atoms with Crippen molar-refractivity contribution < 1.29 is 0 Å². The molecule has 1 aliphatic rings. The van der Waals surface area contributed by atoms with E-state index in [1.165, 1.54) is 11.1 Å².